The number of anilines is 2. The van der Waals surface area contributed by atoms with Gasteiger partial charge in [-0.15, -0.1) is 0 Å². The highest BCUT2D eigenvalue weighted by Gasteiger charge is 2.09. The van der Waals surface area contributed by atoms with Gasteiger partial charge >= 0.3 is 0 Å². The summed E-state index contributed by atoms with van der Waals surface area (Å²) in [5.74, 6) is 0.274. The third kappa shape index (κ3) is 2.81. The van der Waals surface area contributed by atoms with Crippen LogP contribution in [0.3, 0.4) is 0 Å². The molecule has 0 aliphatic heterocycles. The molecule has 21 heavy (non-hydrogen) atoms. The molecule has 0 saturated carbocycles. The van der Waals surface area contributed by atoms with Crippen LogP contribution in [0.5, 0.6) is 0 Å². The fraction of sp³-hybridized carbons (Fsp3) is 0.0625. The van der Waals surface area contributed by atoms with Crippen LogP contribution >= 0.6 is 0 Å². The zero-order valence-corrected chi connectivity index (χ0v) is 11.5. The zero-order chi connectivity index (χ0) is 14.7. The molecule has 1 aromatic heterocycles. The molecule has 5 nitrogen and oxygen atoms in total. The Bertz CT molecular complexity index is 801. The smallest absolute Gasteiger partial charge is 0.275 e. The van der Waals surface area contributed by atoms with Crippen LogP contribution in [-0.4, -0.2) is 22.9 Å². The molecule has 3 aromatic rings. The van der Waals surface area contributed by atoms with Crippen molar-refractivity contribution in [2.75, 3.05) is 17.7 Å². The van der Waals surface area contributed by atoms with Crippen LogP contribution in [0.15, 0.2) is 54.9 Å². The summed E-state index contributed by atoms with van der Waals surface area (Å²) in [7, 11) is 1.73. The Labute approximate surface area is 122 Å². The van der Waals surface area contributed by atoms with Crippen LogP contribution in [0.2, 0.25) is 0 Å². The van der Waals surface area contributed by atoms with Gasteiger partial charge in [-0.3, -0.25) is 9.78 Å². The van der Waals surface area contributed by atoms with E-state index in [9.17, 15) is 4.79 Å². The van der Waals surface area contributed by atoms with Crippen molar-refractivity contribution in [3.8, 4) is 0 Å². The number of amides is 1. The first kappa shape index (κ1) is 13.1. The summed E-state index contributed by atoms with van der Waals surface area (Å²) in [5.41, 5.74) is 1.00. The molecular formula is C16H14N4O. The first-order chi connectivity index (χ1) is 10.3. The van der Waals surface area contributed by atoms with Gasteiger partial charge in [0.25, 0.3) is 5.91 Å². The predicted octanol–water partition coefficient (Wildman–Crippen LogP) is 2.92. The van der Waals surface area contributed by atoms with E-state index in [1.807, 2.05) is 42.5 Å². The predicted molar refractivity (Wildman–Crippen MR) is 83.5 cm³/mol. The van der Waals surface area contributed by atoms with E-state index in [-0.39, 0.29) is 11.6 Å². The first-order valence-electron chi connectivity index (χ1n) is 6.56. The van der Waals surface area contributed by atoms with Gasteiger partial charge in [0.2, 0.25) is 0 Å². The molecule has 0 bridgehead atoms. The fourth-order valence-electron chi connectivity index (χ4n) is 2.06. The zero-order valence-electron chi connectivity index (χ0n) is 11.5. The van der Waals surface area contributed by atoms with Gasteiger partial charge in [0.15, 0.2) is 0 Å². The maximum absolute atomic E-state index is 12.2. The lowest BCUT2D eigenvalue weighted by molar-refractivity contribution is 0.102. The van der Waals surface area contributed by atoms with Gasteiger partial charge in [0.05, 0.1) is 12.4 Å². The standard InChI is InChI=1S/C16H14N4O/c1-17-15-10-18-9-14(20-15)16(21)19-13-7-6-11-4-2-3-5-12(11)8-13/h2-10H,1H3,(H,17,20)(H,19,21). The molecular weight excluding hydrogens is 264 g/mol. The Morgan fingerprint density at radius 2 is 1.86 bits per heavy atom. The highest BCUT2D eigenvalue weighted by atomic mass is 16.1. The van der Waals surface area contributed by atoms with Crippen LogP contribution in [0, 0.1) is 0 Å². The van der Waals surface area contributed by atoms with Crippen molar-refractivity contribution in [3.63, 3.8) is 0 Å². The van der Waals surface area contributed by atoms with Gasteiger partial charge in [-0.05, 0) is 22.9 Å². The lowest BCUT2D eigenvalue weighted by atomic mass is 10.1. The van der Waals surface area contributed by atoms with E-state index < -0.39 is 0 Å². The van der Waals surface area contributed by atoms with Crippen LogP contribution in [0.25, 0.3) is 10.8 Å². The number of rotatable bonds is 3. The van der Waals surface area contributed by atoms with E-state index in [0.717, 1.165) is 16.5 Å². The molecule has 0 saturated heterocycles. The van der Waals surface area contributed by atoms with E-state index in [2.05, 4.69) is 20.6 Å². The van der Waals surface area contributed by atoms with Crippen molar-refractivity contribution in [2.24, 2.45) is 0 Å². The molecule has 0 aliphatic carbocycles. The molecule has 2 aromatic carbocycles. The minimum atomic E-state index is -0.283. The van der Waals surface area contributed by atoms with Crippen molar-refractivity contribution < 1.29 is 4.79 Å². The number of fused-ring (bicyclic) bond motifs is 1. The summed E-state index contributed by atoms with van der Waals surface area (Å²) in [5, 5.41) is 7.90. The molecule has 0 atom stereocenters. The second kappa shape index (κ2) is 5.58. The normalized spacial score (nSPS) is 10.3. The average Bonchev–Trinajstić information content (AvgIpc) is 2.54. The molecule has 3 rings (SSSR count). The van der Waals surface area contributed by atoms with E-state index in [1.54, 1.807) is 13.2 Å². The number of benzene rings is 2. The van der Waals surface area contributed by atoms with Crippen LogP contribution in [0.1, 0.15) is 10.5 Å². The number of hydrogen-bond donors (Lipinski definition) is 2. The minimum Gasteiger partial charge on any atom is -0.372 e. The van der Waals surface area contributed by atoms with Gasteiger partial charge in [-0.25, -0.2) is 4.98 Å². The molecule has 0 fully saturated rings. The number of nitrogens with zero attached hydrogens (tertiary/aromatic N) is 2. The van der Waals surface area contributed by atoms with E-state index in [0.29, 0.717) is 5.82 Å². The molecule has 0 spiro atoms. The minimum absolute atomic E-state index is 0.273. The SMILES string of the molecule is CNc1cncc(C(=O)Nc2ccc3ccccc3c2)n1. The van der Waals surface area contributed by atoms with Gasteiger partial charge in [0, 0.05) is 12.7 Å². The summed E-state index contributed by atoms with van der Waals surface area (Å²) in [4.78, 5) is 20.3. The quantitative estimate of drug-likeness (QED) is 0.773. The second-order valence-corrected chi connectivity index (χ2v) is 4.56. The summed E-state index contributed by atoms with van der Waals surface area (Å²) in [6.45, 7) is 0. The summed E-state index contributed by atoms with van der Waals surface area (Å²) in [6, 6.07) is 13.8. The molecule has 0 aliphatic rings. The number of carbonyl (C=O) groups excluding carboxylic acids is 1. The van der Waals surface area contributed by atoms with Crippen molar-refractivity contribution in [1.29, 1.82) is 0 Å². The van der Waals surface area contributed by atoms with Gasteiger partial charge < -0.3 is 10.6 Å². The van der Waals surface area contributed by atoms with Gasteiger partial charge in [0.1, 0.15) is 11.5 Å². The molecule has 0 radical (unpaired) electrons. The van der Waals surface area contributed by atoms with Gasteiger partial charge in [-0.1, -0.05) is 30.3 Å². The van der Waals surface area contributed by atoms with Gasteiger partial charge in [-0.2, -0.15) is 0 Å². The van der Waals surface area contributed by atoms with E-state index in [1.165, 1.54) is 6.20 Å². The topological polar surface area (TPSA) is 66.9 Å². The molecule has 104 valence electrons. The third-order valence-corrected chi connectivity index (χ3v) is 3.13. The highest BCUT2D eigenvalue weighted by molar-refractivity contribution is 6.03. The molecule has 1 amide bonds. The number of carbonyl (C=O) groups is 1. The molecule has 1 heterocycles. The van der Waals surface area contributed by atoms with Crippen molar-refractivity contribution in [2.45, 2.75) is 0 Å². The summed E-state index contributed by atoms with van der Waals surface area (Å²) in [6.07, 6.45) is 3.00. The Balaban J connectivity index is 1.85. The fourth-order valence-corrected chi connectivity index (χ4v) is 2.06. The number of nitrogens with one attached hydrogen (secondary N) is 2. The van der Waals surface area contributed by atoms with Crippen LogP contribution in [0.4, 0.5) is 11.5 Å². The Hall–Kier alpha value is -2.95. The molecule has 2 N–H and O–H groups in total. The Morgan fingerprint density at radius 3 is 2.67 bits per heavy atom. The Kier molecular flexibility index (Phi) is 3.47. The number of hydrogen-bond acceptors (Lipinski definition) is 4. The average molecular weight is 278 g/mol. The van der Waals surface area contributed by atoms with Crippen molar-refractivity contribution >= 4 is 28.2 Å². The lowest BCUT2D eigenvalue weighted by Crippen LogP contribution is -2.14. The first-order valence-corrected chi connectivity index (χ1v) is 6.56. The maximum Gasteiger partial charge on any atom is 0.275 e. The molecule has 5 heteroatoms. The molecule has 0 unspecified atom stereocenters. The second-order valence-electron chi connectivity index (χ2n) is 4.56. The van der Waals surface area contributed by atoms with Crippen molar-refractivity contribution in [3.05, 3.63) is 60.6 Å². The van der Waals surface area contributed by atoms with Crippen LogP contribution < -0.4 is 10.6 Å². The lowest BCUT2D eigenvalue weighted by Gasteiger charge is -2.07. The maximum atomic E-state index is 12.2. The van der Waals surface area contributed by atoms with Crippen LogP contribution in [-0.2, 0) is 0 Å². The summed E-state index contributed by atoms with van der Waals surface area (Å²) >= 11 is 0. The monoisotopic (exact) mass is 278 g/mol. The van der Waals surface area contributed by atoms with Crippen molar-refractivity contribution in [1.82, 2.24) is 9.97 Å². The third-order valence-electron chi connectivity index (χ3n) is 3.13. The largest absolute Gasteiger partial charge is 0.372 e. The van der Waals surface area contributed by atoms with E-state index in [4.69, 9.17) is 0 Å². The number of aromatic nitrogens is 2. The van der Waals surface area contributed by atoms with E-state index >= 15 is 0 Å². The highest BCUT2D eigenvalue weighted by Crippen LogP contribution is 2.19. The Morgan fingerprint density at radius 1 is 1.05 bits per heavy atom. The summed E-state index contributed by atoms with van der Waals surface area (Å²) < 4.78 is 0.